The number of benzene rings is 1. The monoisotopic (exact) mass is 257 g/mol. The predicted octanol–water partition coefficient (Wildman–Crippen LogP) is 4.15. The Bertz CT molecular complexity index is 447. The summed E-state index contributed by atoms with van der Waals surface area (Å²) < 4.78 is 1.06. The highest BCUT2D eigenvalue weighted by Crippen LogP contribution is 2.31. The van der Waals surface area contributed by atoms with Gasteiger partial charge in [-0.1, -0.05) is 18.5 Å². The molecule has 1 nitrogen and oxygen atoms in total. The van der Waals surface area contributed by atoms with Crippen LogP contribution in [0, 0.1) is 0 Å². The van der Waals surface area contributed by atoms with Gasteiger partial charge in [-0.2, -0.15) is 0 Å². The first-order valence-corrected chi connectivity index (χ1v) is 5.35. The van der Waals surface area contributed by atoms with E-state index in [0.29, 0.717) is 0 Å². The van der Waals surface area contributed by atoms with E-state index < -0.39 is 0 Å². The van der Waals surface area contributed by atoms with Crippen molar-refractivity contribution in [3.05, 3.63) is 33.4 Å². The van der Waals surface area contributed by atoms with Gasteiger partial charge in [-0.05, 0) is 40.0 Å². The van der Waals surface area contributed by atoms with Crippen LogP contribution in [0.25, 0.3) is 10.9 Å². The molecule has 0 spiro atoms. The van der Waals surface area contributed by atoms with Gasteiger partial charge >= 0.3 is 0 Å². The van der Waals surface area contributed by atoms with Gasteiger partial charge < -0.3 is 4.98 Å². The van der Waals surface area contributed by atoms with Crippen LogP contribution in [-0.2, 0) is 6.42 Å². The fourth-order valence-corrected chi connectivity index (χ4v) is 2.24. The highest BCUT2D eigenvalue weighted by Gasteiger charge is 2.08. The number of aromatic nitrogens is 1. The van der Waals surface area contributed by atoms with Crippen molar-refractivity contribution in [2.24, 2.45) is 0 Å². The van der Waals surface area contributed by atoms with Gasteiger partial charge in [0.05, 0.1) is 10.5 Å². The molecule has 0 aliphatic carbocycles. The third-order valence-corrected chi connectivity index (χ3v) is 3.17. The van der Waals surface area contributed by atoms with Crippen LogP contribution < -0.4 is 0 Å². The lowest BCUT2D eigenvalue weighted by Gasteiger charge is -1.98. The van der Waals surface area contributed by atoms with E-state index in [1.807, 2.05) is 18.3 Å². The Labute approximate surface area is 90.2 Å². The Hall–Kier alpha value is -0.470. The van der Waals surface area contributed by atoms with Gasteiger partial charge in [0.1, 0.15) is 0 Å². The molecule has 0 bridgehead atoms. The van der Waals surface area contributed by atoms with Crippen LogP contribution in [0.1, 0.15) is 12.5 Å². The van der Waals surface area contributed by atoms with E-state index in [0.717, 1.165) is 26.8 Å². The molecule has 0 atom stereocenters. The summed E-state index contributed by atoms with van der Waals surface area (Å²) in [5.74, 6) is 0. The number of aromatic amines is 1. The minimum Gasteiger partial charge on any atom is -0.360 e. The molecule has 13 heavy (non-hydrogen) atoms. The van der Waals surface area contributed by atoms with Crippen molar-refractivity contribution in [3.8, 4) is 0 Å². The Morgan fingerprint density at radius 1 is 1.46 bits per heavy atom. The molecule has 1 N–H and O–H groups in total. The summed E-state index contributed by atoms with van der Waals surface area (Å²) >= 11 is 9.60. The Morgan fingerprint density at radius 3 is 2.92 bits per heavy atom. The van der Waals surface area contributed by atoms with Crippen LogP contribution in [0.4, 0.5) is 0 Å². The fourth-order valence-electron chi connectivity index (χ4n) is 1.52. The smallest absolute Gasteiger partial charge is 0.0616 e. The zero-order valence-electron chi connectivity index (χ0n) is 7.20. The van der Waals surface area contributed by atoms with Gasteiger partial charge in [-0.15, -0.1) is 0 Å². The first-order chi connectivity index (χ1) is 6.24. The van der Waals surface area contributed by atoms with Crippen molar-refractivity contribution in [1.82, 2.24) is 4.98 Å². The third kappa shape index (κ3) is 1.38. The number of hydrogen-bond acceptors (Lipinski definition) is 0. The molecule has 2 aromatic rings. The third-order valence-electron chi connectivity index (χ3n) is 2.20. The number of aryl methyl sites for hydroxylation is 1. The number of fused-ring (bicyclic) bond motifs is 1. The molecular weight excluding hydrogens is 249 g/mol. The Balaban J connectivity index is 2.87. The highest BCUT2D eigenvalue weighted by atomic mass is 79.9. The predicted molar refractivity (Wildman–Crippen MR) is 60.4 cm³/mol. The van der Waals surface area contributed by atoms with Crippen LogP contribution in [-0.4, -0.2) is 4.98 Å². The molecule has 68 valence electrons. The molecular formula is C10H9BrClN. The van der Waals surface area contributed by atoms with Crippen LogP contribution >= 0.6 is 27.5 Å². The molecule has 0 aliphatic rings. The minimum absolute atomic E-state index is 0.816. The zero-order chi connectivity index (χ0) is 9.42. The second-order valence-electron chi connectivity index (χ2n) is 2.95. The number of nitrogens with one attached hydrogen (secondary N) is 1. The molecule has 1 aromatic heterocycles. The van der Waals surface area contributed by atoms with Crippen molar-refractivity contribution < 1.29 is 0 Å². The fraction of sp³-hybridized carbons (Fsp3) is 0.200. The molecule has 0 radical (unpaired) electrons. The second-order valence-corrected chi connectivity index (χ2v) is 4.21. The lowest BCUT2D eigenvalue weighted by Crippen LogP contribution is -1.77. The molecule has 1 aromatic carbocycles. The van der Waals surface area contributed by atoms with Crippen LogP contribution in [0.5, 0.6) is 0 Å². The lowest BCUT2D eigenvalue weighted by molar-refractivity contribution is 1.15. The SMILES string of the molecule is CCc1c[nH]c2c(Br)ccc(Cl)c12. The van der Waals surface area contributed by atoms with Gasteiger partial charge in [0.15, 0.2) is 0 Å². The minimum atomic E-state index is 0.816. The maximum absolute atomic E-state index is 6.11. The number of H-pyrrole nitrogens is 1. The van der Waals surface area contributed by atoms with Crippen molar-refractivity contribution in [2.45, 2.75) is 13.3 Å². The quantitative estimate of drug-likeness (QED) is 0.791. The van der Waals surface area contributed by atoms with Crippen molar-refractivity contribution in [2.75, 3.05) is 0 Å². The van der Waals surface area contributed by atoms with Crippen LogP contribution in [0.15, 0.2) is 22.8 Å². The highest BCUT2D eigenvalue weighted by molar-refractivity contribution is 9.10. The van der Waals surface area contributed by atoms with Crippen molar-refractivity contribution in [1.29, 1.82) is 0 Å². The van der Waals surface area contributed by atoms with E-state index in [1.165, 1.54) is 5.56 Å². The lowest BCUT2D eigenvalue weighted by atomic mass is 10.1. The topological polar surface area (TPSA) is 15.8 Å². The molecule has 0 amide bonds. The van der Waals surface area contributed by atoms with Gasteiger partial charge in [-0.3, -0.25) is 0 Å². The first-order valence-electron chi connectivity index (χ1n) is 4.18. The molecule has 1 heterocycles. The standard InChI is InChI=1S/C10H9BrClN/c1-2-6-5-13-10-7(11)3-4-8(12)9(6)10/h3-5,13H,2H2,1H3. The number of hydrogen-bond donors (Lipinski definition) is 1. The van der Waals surface area contributed by atoms with E-state index in [9.17, 15) is 0 Å². The summed E-state index contributed by atoms with van der Waals surface area (Å²) in [6, 6.07) is 3.88. The molecule has 0 unspecified atom stereocenters. The summed E-state index contributed by atoms with van der Waals surface area (Å²) in [5.41, 5.74) is 2.35. The van der Waals surface area contributed by atoms with E-state index in [2.05, 4.69) is 27.8 Å². The summed E-state index contributed by atoms with van der Waals surface area (Å²) in [7, 11) is 0. The summed E-state index contributed by atoms with van der Waals surface area (Å²) in [6.07, 6.45) is 3.01. The summed E-state index contributed by atoms with van der Waals surface area (Å²) in [6.45, 7) is 2.12. The average molecular weight is 259 g/mol. The average Bonchev–Trinajstić information content (AvgIpc) is 2.56. The van der Waals surface area contributed by atoms with E-state index in [-0.39, 0.29) is 0 Å². The largest absolute Gasteiger partial charge is 0.360 e. The van der Waals surface area contributed by atoms with Gasteiger partial charge in [-0.25, -0.2) is 0 Å². The molecule has 2 rings (SSSR count). The van der Waals surface area contributed by atoms with E-state index in [1.54, 1.807) is 0 Å². The molecule has 0 saturated carbocycles. The molecule has 0 aliphatic heterocycles. The number of halogens is 2. The maximum Gasteiger partial charge on any atom is 0.0616 e. The normalized spacial score (nSPS) is 11.0. The first kappa shape index (κ1) is 9.10. The Morgan fingerprint density at radius 2 is 2.23 bits per heavy atom. The second kappa shape index (κ2) is 3.35. The van der Waals surface area contributed by atoms with Gasteiger partial charge in [0, 0.05) is 16.1 Å². The van der Waals surface area contributed by atoms with Crippen LogP contribution in [0.2, 0.25) is 5.02 Å². The van der Waals surface area contributed by atoms with E-state index in [4.69, 9.17) is 11.6 Å². The Kier molecular flexibility index (Phi) is 2.35. The van der Waals surface area contributed by atoms with Gasteiger partial charge in [0.25, 0.3) is 0 Å². The molecule has 0 fully saturated rings. The zero-order valence-corrected chi connectivity index (χ0v) is 9.54. The molecule has 3 heteroatoms. The summed E-state index contributed by atoms with van der Waals surface area (Å²) in [4.78, 5) is 3.22. The molecule has 0 saturated heterocycles. The van der Waals surface area contributed by atoms with Gasteiger partial charge in [0.2, 0.25) is 0 Å². The number of rotatable bonds is 1. The summed E-state index contributed by atoms with van der Waals surface area (Å²) in [5, 5.41) is 1.95. The van der Waals surface area contributed by atoms with E-state index >= 15 is 0 Å². The maximum atomic E-state index is 6.11. The van der Waals surface area contributed by atoms with Crippen molar-refractivity contribution >= 4 is 38.4 Å². The van der Waals surface area contributed by atoms with Crippen LogP contribution in [0.3, 0.4) is 0 Å². The van der Waals surface area contributed by atoms with Crippen molar-refractivity contribution in [3.63, 3.8) is 0 Å².